The first-order chi connectivity index (χ1) is 9.61. The van der Waals surface area contributed by atoms with Crippen LogP contribution in [0.25, 0.3) is 0 Å². The summed E-state index contributed by atoms with van der Waals surface area (Å²) in [6.07, 6.45) is 7.50. The van der Waals surface area contributed by atoms with Crippen molar-refractivity contribution in [2.24, 2.45) is 0 Å². The van der Waals surface area contributed by atoms with Gasteiger partial charge in [0.25, 0.3) is 0 Å². The van der Waals surface area contributed by atoms with Crippen LogP contribution < -0.4 is 15.8 Å². The van der Waals surface area contributed by atoms with E-state index in [4.69, 9.17) is 10.5 Å². The molecule has 2 unspecified atom stereocenters. The van der Waals surface area contributed by atoms with Gasteiger partial charge in [-0.25, -0.2) is 0 Å². The molecule has 0 radical (unpaired) electrons. The van der Waals surface area contributed by atoms with Gasteiger partial charge >= 0.3 is 0 Å². The van der Waals surface area contributed by atoms with Crippen LogP contribution in [0.15, 0.2) is 18.2 Å². The lowest BCUT2D eigenvalue weighted by Gasteiger charge is -2.32. The summed E-state index contributed by atoms with van der Waals surface area (Å²) in [6.45, 7) is 4.04. The van der Waals surface area contributed by atoms with Gasteiger partial charge in [-0.2, -0.15) is 11.8 Å². The van der Waals surface area contributed by atoms with Crippen LogP contribution in [-0.2, 0) is 0 Å². The molecule has 0 aliphatic heterocycles. The first-order valence-electron chi connectivity index (χ1n) is 7.46. The first-order valence-corrected chi connectivity index (χ1v) is 8.75. The Bertz CT molecular complexity index is 436. The summed E-state index contributed by atoms with van der Waals surface area (Å²) in [5.41, 5.74) is 7.98. The van der Waals surface area contributed by atoms with Crippen molar-refractivity contribution in [2.45, 2.75) is 56.9 Å². The number of para-hydroxylation sites is 1. The molecule has 1 aromatic rings. The van der Waals surface area contributed by atoms with Gasteiger partial charge in [-0.05, 0) is 45.1 Å². The van der Waals surface area contributed by atoms with Crippen LogP contribution in [0.4, 0.5) is 11.4 Å². The Kier molecular flexibility index (Phi) is 5.46. The standard InChI is InChI=1S/C16H26N2OS/c1-11(2)19-14-9-6-8-13(16(14)17)18-12-7-4-5-10-15(12)20-3/h6,8-9,11-12,15,18H,4-5,7,10,17H2,1-3H3. The Morgan fingerprint density at radius 2 is 2.05 bits per heavy atom. The average molecular weight is 294 g/mol. The number of ether oxygens (including phenoxy) is 1. The first kappa shape index (κ1) is 15.4. The third-order valence-corrected chi connectivity index (χ3v) is 4.94. The topological polar surface area (TPSA) is 47.3 Å². The zero-order valence-corrected chi connectivity index (χ0v) is 13.5. The fraction of sp³-hybridized carbons (Fsp3) is 0.625. The lowest BCUT2D eigenvalue weighted by Crippen LogP contribution is -2.34. The van der Waals surface area contributed by atoms with Crippen LogP contribution in [0.1, 0.15) is 39.5 Å². The van der Waals surface area contributed by atoms with E-state index >= 15 is 0 Å². The minimum absolute atomic E-state index is 0.140. The predicted molar refractivity (Wildman–Crippen MR) is 89.8 cm³/mol. The van der Waals surface area contributed by atoms with Crippen molar-refractivity contribution in [3.05, 3.63) is 18.2 Å². The molecule has 1 saturated carbocycles. The summed E-state index contributed by atoms with van der Waals surface area (Å²) in [5, 5.41) is 4.32. The largest absolute Gasteiger partial charge is 0.489 e. The van der Waals surface area contributed by atoms with E-state index < -0.39 is 0 Å². The highest BCUT2D eigenvalue weighted by Gasteiger charge is 2.24. The SMILES string of the molecule is CSC1CCCCC1Nc1cccc(OC(C)C)c1N. The summed E-state index contributed by atoms with van der Waals surface area (Å²) >= 11 is 1.96. The summed E-state index contributed by atoms with van der Waals surface area (Å²) in [4.78, 5) is 0. The maximum Gasteiger partial charge on any atom is 0.144 e. The number of hydrogen-bond acceptors (Lipinski definition) is 4. The zero-order valence-electron chi connectivity index (χ0n) is 12.7. The van der Waals surface area contributed by atoms with Crippen LogP contribution in [0.2, 0.25) is 0 Å². The molecule has 0 saturated heterocycles. The van der Waals surface area contributed by atoms with E-state index in [9.17, 15) is 0 Å². The summed E-state index contributed by atoms with van der Waals surface area (Å²) in [5.74, 6) is 0.779. The molecule has 0 aromatic heterocycles. The summed E-state index contributed by atoms with van der Waals surface area (Å²) in [7, 11) is 0. The number of thioether (sulfide) groups is 1. The zero-order chi connectivity index (χ0) is 14.5. The minimum atomic E-state index is 0.140. The molecular weight excluding hydrogens is 268 g/mol. The van der Waals surface area contributed by atoms with Crippen LogP contribution >= 0.6 is 11.8 Å². The third-order valence-electron chi connectivity index (χ3n) is 3.77. The number of anilines is 2. The van der Waals surface area contributed by atoms with Gasteiger partial charge < -0.3 is 15.8 Å². The molecule has 0 bridgehead atoms. The van der Waals surface area contributed by atoms with Crippen molar-refractivity contribution in [3.63, 3.8) is 0 Å². The van der Waals surface area contributed by atoms with E-state index in [-0.39, 0.29) is 6.10 Å². The van der Waals surface area contributed by atoms with Crippen molar-refractivity contribution in [3.8, 4) is 5.75 Å². The quantitative estimate of drug-likeness (QED) is 0.801. The molecule has 1 aliphatic rings. The molecular formula is C16H26N2OS. The Balaban J connectivity index is 2.12. The highest BCUT2D eigenvalue weighted by Crippen LogP contribution is 2.34. The van der Waals surface area contributed by atoms with Crippen molar-refractivity contribution in [2.75, 3.05) is 17.3 Å². The second-order valence-corrected chi connectivity index (χ2v) is 6.77. The van der Waals surface area contributed by atoms with Crippen LogP contribution in [0.5, 0.6) is 5.75 Å². The molecule has 4 heteroatoms. The van der Waals surface area contributed by atoms with Gasteiger partial charge in [0.15, 0.2) is 0 Å². The summed E-state index contributed by atoms with van der Waals surface area (Å²) in [6, 6.07) is 6.50. The molecule has 2 rings (SSSR count). The number of nitrogens with one attached hydrogen (secondary N) is 1. The fourth-order valence-electron chi connectivity index (χ4n) is 2.77. The van der Waals surface area contributed by atoms with Crippen molar-refractivity contribution in [1.82, 2.24) is 0 Å². The molecule has 3 nitrogen and oxygen atoms in total. The van der Waals surface area contributed by atoms with Gasteiger partial charge in [0.1, 0.15) is 5.75 Å². The van der Waals surface area contributed by atoms with E-state index in [2.05, 4.69) is 17.6 Å². The van der Waals surface area contributed by atoms with Gasteiger partial charge in [-0.3, -0.25) is 0 Å². The number of rotatable bonds is 5. The third kappa shape index (κ3) is 3.75. The second-order valence-electron chi connectivity index (χ2n) is 5.69. The van der Waals surface area contributed by atoms with Gasteiger partial charge in [0, 0.05) is 11.3 Å². The molecule has 2 atom stereocenters. The Labute approximate surface area is 126 Å². The van der Waals surface area contributed by atoms with E-state index in [1.165, 1.54) is 25.7 Å². The number of nitrogens with two attached hydrogens (primary N) is 1. The Morgan fingerprint density at radius 3 is 2.75 bits per heavy atom. The Morgan fingerprint density at radius 1 is 1.30 bits per heavy atom. The minimum Gasteiger partial charge on any atom is -0.489 e. The average Bonchev–Trinajstić information content (AvgIpc) is 2.43. The van der Waals surface area contributed by atoms with Crippen LogP contribution in [-0.4, -0.2) is 23.7 Å². The molecule has 1 aromatic carbocycles. The number of hydrogen-bond donors (Lipinski definition) is 2. The van der Waals surface area contributed by atoms with Gasteiger partial charge in [0.05, 0.1) is 17.5 Å². The van der Waals surface area contributed by atoms with Crippen molar-refractivity contribution >= 4 is 23.1 Å². The molecule has 1 fully saturated rings. The maximum atomic E-state index is 6.24. The van der Waals surface area contributed by atoms with Crippen LogP contribution in [0.3, 0.4) is 0 Å². The highest BCUT2D eigenvalue weighted by atomic mass is 32.2. The molecule has 0 spiro atoms. The van der Waals surface area contributed by atoms with E-state index in [0.717, 1.165) is 17.1 Å². The smallest absolute Gasteiger partial charge is 0.144 e. The normalized spacial score (nSPS) is 22.8. The van der Waals surface area contributed by atoms with E-state index in [1.807, 2.05) is 37.7 Å². The van der Waals surface area contributed by atoms with Gasteiger partial charge in [0.2, 0.25) is 0 Å². The molecule has 0 amide bonds. The van der Waals surface area contributed by atoms with Gasteiger partial charge in [-0.1, -0.05) is 18.9 Å². The molecule has 20 heavy (non-hydrogen) atoms. The lowest BCUT2D eigenvalue weighted by atomic mass is 9.94. The van der Waals surface area contributed by atoms with Gasteiger partial charge in [-0.15, -0.1) is 0 Å². The molecule has 112 valence electrons. The fourth-order valence-corrected chi connectivity index (χ4v) is 3.71. The highest BCUT2D eigenvalue weighted by molar-refractivity contribution is 7.99. The van der Waals surface area contributed by atoms with E-state index in [1.54, 1.807) is 0 Å². The predicted octanol–water partition coefficient (Wildman–Crippen LogP) is 4.14. The summed E-state index contributed by atoms with van der Waals surface area (Å²) < 4.78 is 5.76. The molecule has 1 aliphatic carbocycles. The lowest BCUT2D eigenvalue weighted by molar-refractivity contribution is 0.244. The van der Waals surface area contributed by atoms with Crippen molar-refractivity contribution in [1.29, 1.82) is 0 Å². The number of nitrogen functional groups attached to an aromatic ring is 1. The second kappa shape index (κ2) is 7.11. The molecule has 0 heterocycles. The number of benzene rings is 1. The monoisotopic (exact) mass is 294 g/mol. The van der Waals surface area contributed by atoms with Crippen LogP contribution in [0, 0.1) is 0 Å². The maximum absolute atomic E-state index is 6.24. The molecule has 3 N–H and O–H groups in total. The Hall–Kier alpha value is -1.03. The van der Waals surface area contributed by atoms with E-state index in [0.29, 0.717) is 11.3 Å². The van der Waals surface area contributed by atoms with Crippen molar-refractivity contribution < 1.29 is 4.74 Å².